The molecule has 0 radical (unpaired) electrons. The van der Waals surface area contributed by atoms with E-state index >= 15 is 0 Å². The Hall–Kier alpha value is -6.48. The van der Waals surface area contributed by atoms with Crippen molar-refractivity contribution in [3.8, 4) is 28.7 Å². The van der Waals surface area contributed by atoms with Crippen molar-refractivity contribution in [3.05, 3.63) is 107 Å². The molecule has 0 saturated carbocycles. The lowest BCUT2D eigenvalue weighted by Gasteiger charge is -2.26. The molecule has 0 bridgehead atoms. The minimum Gasteiger partial charge on any atom is -0.497 e. The molecule has 0 spiro atoms. The number of carbonyl (C=O) groups excluding carboxylic acids is 2. The summed E-state index contributed by atoms with van der Waals surface area (Å²) in [5, 5.41) is 2.57. The Morgan fingerprint density at radius 1 is 0.629 bits per heavy atom. The Bertz CT molecular complexity index is 2730. The summed E-state index contributed by atoms with van der Waals surface area (Å²) in [6.45, 7) is 0.0866. The molecule has 18 nitrogen and oxygen atoms in total. The highest BCUT2D eigenvalue weighted by molar-refractivity contribution is 7.86. The summed E-state index contributed by atoms with van der Waals surface area (Å²) in [5.41, 5.74) is 9.66. The summed E-state index contributed by atoms with van der Waals surface area (Å²) in [6, 6.07) is 17.8. The summed E-state index contributed by atoms with van der Waals surface area (Å²) >= 11 is 0. The average Bonchev–Trinajstić information content (AvgIpc) is 3.84. The number of nitrogens with zero attached hydrogens (tertiary/aromatic N) is 2. The fraction of sp³-hybridized carbons (Fsp3) is 0.286. The SMILES string of the molecule is COc1ccc(C2=CN3C(=O)c4cc(OC)c(OCCCOc5cc6c(cc5OC)C(=O)N5C=C(c7ccc(N)cc7)C[C@H]5[C@H](S(=O)(=O)O)N6)cc4N[C@@H](S(=O)(=O)O)[C@@H]3C2)cc1. The summed E-state index contributed by atoms with van der Waals surface area (Å²) in [7, 11) is -5.16. The minimum absolute atomic E-state index is 0.0432. The molecule has 0 unspecified atom stereocenters. The molecule has 4 aromatic rings. The quantitative estimate of drug-likeness (QED) is 0.0678. The van der Waals surface area contributed by atoms with Gasteiger partial charge in [0.15, 0.2) is 33.7 Å². The van der Waals surface area contributed by atoms with Crippen molar-refractivity contribution in [1.29, 1.82) is 0 Å². The van der Waals surface area contributed by atoms with Gasteiger partial charge in [0.2, 0.25) is 0 Å². The maximum atomic E-state index is 14.0. The van der Waals surface area contributed by atoms with E-state index in [0.29, 0.717) is 22.6 Å². The third-order valence-corrected chi connectivity index (χ3v) is 13.3. The van der Waals surface area contributed by atoms with Gasteiger partial charge in [-0.15, -0.1) is 0 Å². The summed E-state index contributed by atoms with van der Waals surface area (Å²) in [5.74, 6) is 0.320. The van der Waals surface area contributed by atoms with Crippen LogP contribution in [0.1, 0.15) is 51.1 Å². The number of ether oxygens (including phenoxy) is 5. The van der Waals surface area contributed by atoms with Crippen LogP contribution in [0.3, 0.4) is 0 Å². The standard InChI is InChI=1S/C42H43N5O13S2/c1-56-28-11-7-24(8-12-28)26-16-34-40(62(53,54)55)45-32-20-38(36(58-3)18-30(32)42(49)47(34)22-26)60-14-4-13-59-37-19-31-29(17-35(37)57-2)41(48)46-21-25(23-5-9-27(43)10-6-23)15-33(46)39(44-31)61(50,51)52/h5-12,17-22,33-34,39-40,44-45H,4,13-16,43H2,1-3H3,(H,50,51,52)(H,53,54,55)/t33-,34-,39-,40-/m0/s1. The Morgan fingerprint density at radius 2 is 1.05 bits per heavy atom. The molecule has 0 aliphatic carbocycles. The first kappa shape index (κ1) is 42.2. The Labute approximate surface area is 357 Å². The second-order valence-electron chi connectivity index (χ2n) is 14.9. The van der Waals surface area contributed by atoms with Gasteiger partial charge in [0.05, 0.1) is 69.1 Å². The number of rotatable bonds is 13. The molecule has 8 rings (SSSR count). The summed E-state index contributed by atoms with van der Waals surface area (Å²) in [6.07, 6.45) is 3.69. The molecule has 4 aromatic carbocycles. The zero-order valence-electron chi connectivity index (χ0n) is 33.6. The molecule has 0 aromatic heterocycles. The molecule has 20 heteroatoms. The van der Waals surface area contributed by atoms with Gasteiger partial charge in [-0.25, -0.2) is 0 Å². The zero-order chi connectivity index (χ0) is 44.1. The molecular weight excluding hydrogens is 847 g/mol. The number of fused-ring (bicyclic) bond motifs is 4. The second-order valence-corrected chi connectivity index (χ2v) is 18.0. The fourth-order valence-electron chi connectivity index (χ4n) is 8.09. The van der Waals surface area contributed by atoms with E-state index < -0.39 is 54.9 Å². The monoisotopic (exact) mass is 889 g/mol. The number of benzene rings is 4. The van der Waals surface area contributed by atoms with Gasteiger partial charge in [-0.05, 0) is 71.5 Å². The number of amides is 2. The van der Waals surface area contributed by atoms with Crippen molar-refractivity contribution < 1.29 is 59.2 Å². The third kappa shape index (κ3) is 8.04. The molecule has 0 saturated heterocycles. The minimum atomic E-state index is -4.74. The number of nitrogens with one attached hydrogen (secondary N) is 2. The number of nitrogens with two attached hydrogens (primary N) is 1. The van der Waals surface area contributed by atoms with Crippen molar-refractivity contribution >= 4 is 60.3 Å². The van der Waals surface area contributed by atoms with Crippen LogP contribution in [0.2, 0.25) is 0 Å². The molecule has 4 aliphatic heterocycles. The van der Waals surface area contributed by atoms with Crippen molar-refractivity contribution in [1.82, 2.24) is 9.80 Å². The Kier molecular flexibility index (Phi) is 11.2. The highest BCUT2D eigenvalue weighted by atomic mass is 32.2. The van der Waals surface area contributed by atoms with Gasteiger partial charge < -0.3 is 49.9 Å². The fourth-order valence-corrected chi connectivity index (χ4v) is 9.90. The van der Waals surface area contributed by atoms with Crippen LogP contribution in [0.5, 0.6) is 28.7 Å². The molecule has 6 N–H and O–H groups in total. The van der Waals surface area contributed by atoms with E-state index in [0.717, 1.165) is 11.1 Å². The molecule has 326 valence electrons. The van der Waals surface area contributed by atoms with Gasteiger partial charge in [0.25, 0.3) is 32.1 Å². The molecule has 62 heavy (non-hydrogen) atoms. The van der Waals surface area contributed by atoms with E-state index in [4.69, 9.17) is 29.4 Å². The highest BCUT2D eigenvalue weighted by Crippen LogP contribution is 2.44. The van der Waals surface area contributed by atoms with Crippen LogP contribution in [0, 0.1) is 0 Å². The van der Waals surface area contributed by atoms with E-state index in [1.807, 2.05) is 0 Å². The Morgan fingerprint density at radius 3 is 1.44 bits per heavy atom. The van der Waals surface area contributed by atoms with Crippen molar-refractivity contribution in [3.63, 3.8) is 0 Å². The maximum Gasteiger partial charge on any atom is 0.288 e. The van der Waals surface area contributed by atoms with E-state index in [1.165, 1.54) is 48.3 Å². The van der Waals surface area contributed by atoms with E-state index in [1.54, 1.807) is 68.0 Å². The zero-order valence-corrected chi connectivity index (χ0v) is 35.2. The maximum absolute atomic E-state index is 14.0. The number of nitrogen functional groups attached to an aromatic ring is 1. The molecule has 2 amide bonds. The van der Waals surface area contributed by atoms with Crippen molar-refractivity contribution in [2.24, 2.45) is 0 Å². The molecule has 0 fully saturated rings. The van der Waals surface area contributed by atoms with Gasteiger partial charge in [0.1, 0.15) is 5.75 Å². The van der Waals surface area contributed by atoms with Gasteiger partial charge in [-0.3, -0.25) is 18.7 Å². The van der Waals surface area contributed by atoms with Gasteiger partial charge in [-0.1, -0.05) is 24.3 Å². The third-order valence-electron chi connectivity index (χ3n) is 11.2. The highest BCUT2D eigenvalue weighted by Gasteiger charge is 2.47. The largest absolute Gasteiger partial charge is 0.497 e. The van der Waals surface area contributed by atoms with Gasteiger partial charge in [0, 0.05) is 36.6 Å². The van der Waals surface area contributed by atoms with Crippen LogP contribution >= 0.6 is 0 Å². The van der Waals surface area contributed by atoms with Crippen LogP contribution < -0.4 is 40.1 Å². The first-order valence-corrected chi connectivity index (χ1v) is 22.3. The lowest BCUT2D eigenvalue weighted by atomic mass is 10.0. The van der Waals surface area contributed by atoms with Gasteiger partial charge >= 0.3 is 0 Å². The molecule has 4 heterocycles. The number of hydrogen-bond donors (Lipinski definition) is 5. The summed E-state index contributed by atoms with van der Waals surface area (Å²) < 4.78 is 100. The average molecular weight is 890 g/mol. The van der Waals surface area contributed by atoms with E-state index in [9.17, 15) is 35.5 Å². The molecular formula is C42H43N5O13S2. The lowest BCUT2D eigenvalue weighted by molar-refractivity contribution is 0.0782. The predicted octanol–water partition coefficient (Wildman–Crippen LogP) is 4.93. The second kappa shape index (κ2) is 16.4. The topological polar surface area (TPSA) is 246 Å². The van der Waals surface area contributed by atoms with Crippen LogP contribution in [0.25, 0.3) is 11.1 Å². The normalized spacial score (nSPS) is 20.5. The molecule has 4 atom stereocenters. The number of hydrogen-bond acceptors (Lipinski definition) is 14. The smallest absolute Gasteiger partial charge is 0.288 e. The number of carbonyl (C=O) groups is 2. The van der Waals surface area contributed by atoms with Crippen molar-refractivity contribution in [2.45, 2.75) is 42.1 Å². The van der Waals surface area contributed by atoms with E-state index in [2.05, 4.69) is 10.6 Å². The van der Waals surface area contributed by atoms with Crippen LogP contribution in [-0.2, 0) is 20.2 Å². The summed E-state index contributed by atoms with van der Waals surface area (Å²) in [4.78, 5) is 30.6. The van der Waals surface area contributed by atoms with E-state index in [-0.39, 0.29) is 78.0 Å². The predicted molar refractivity (Wildman–Crippen MR) is 228 cm³/mol. The number of methoxy groups -OCH3 is 3. The molecule has 4 aliphatic rings. The van der Waals surface area contributed by atoms with Crippen molar-refractivity contribution in [2.75, 3.05) is 50.9 Å². The lowest BCUT2D eigenvalue weighted by Crippen LogP contribution is -2.46. The van der Waals surface area contributed by atoms with Gasteiger partial charge in [-0.2, -0.15) is 16.8 Å². The Balaban J connectivity index is 0.980. The van der Waals surface area contributed by atoms with Crippen LogP contribution in [0.4, 0.5) is 17.1 Å². The van der Waals surface area contributed by atoms with Crippen LogP contribution in [-0.4, -0.2) is 105 Å². The first-order valence-electron chi connectivity index (χ1n) is 19.3. The first-order chi connectivity index (χ1) is 29.6. The van der Waals surface area contributed by atoms with Crippen LogP contribution in [0.15, 0.2) is 85.2 Å². The number of anilines is 3.